The van der Waals surface area contributed by atoms with Gasteiger partial charge in [0.2, 0.25) is 0 Å². The highest BCUT2D eigenvalue weighted by Crippen LogP contribution is 2.43. The molecule has 0 aliphatic rings. The Morgan fingerprint density at radius 2 is 1.10 bits per heavy atom. The van der Waals surface area contributed by atoms with E-state index >= 15 is 0 Å². The molecule has 0 fully saturated rings. The third-order valence-electron chi connectivity index (χ3n) is 8.30. The van der Waals surface area contributed by atoms with Crippen LogP contribution in [0.1, 0.15) is 168 Å². The molecule has 0 spiro atoms. The number of allylic oxidation sites excluding steroid dienone is 6. The van der Waals surface area contributed by atoms with Crippen molar-refractivity contribution < 1.29 is 43.0 Å². The first kappa shape index (κ1) is 48.7. The van der Waals surface area contributed by atoms with Crippen LogP contribution in [0.4, 0.5) is 0 Å². The highest BCUT2D eigenvalue weighted by Gasteiger charge is 2.26. The average Bonchev–Trinajstić information content (AvgIpc) is 3.10. The number of hydrogen-bond donors (Lipinski definition) is 3. The monoisotopic (exact) mass is 731 g/mol. The Kier molecular flexibility index (Phi) is 36.4. The van der Waals surface area contributed by atoms with E-state index in [1.165, 1.54) is 70.6 Å². The molecule has 3 N–H and O–H groups in total. The fourth-order valence-corrected chi connectivity index (χ4v) is 5.98. The van der Waals surface area contributed by atoms with Crippen molar-refractivity contribution in [2.24, 2.45) is 0 Å². The van der Waals surface area contributed by atoms with Crippen molar-refractivity contribution in [3.8, 4) is 0 Å². The molecule has 0 radical (unpaired) electrons. The molecule has 0 aromatic heterocycles. The number of aliphatic hydroxyl groups excluding tert-OH is 2. The van der Waals surface area contributed by atoms with Crippen LogP contribution in [0.5, 0.6) is 0 Å². The topological polar surface area (TPSA) is 132 Å². The molecular weight excluding hydrogens is 655 g/mol. The van der Waals surface area contributed by atoms with Crippen LogP contribution >= 0.6 is 7.82 Å². The molecule has 0 aliphatic carbocycles. The number of ether oxygens (including phenoxy) is 2. The molecule has 0 saturated carbocycles. The lowest BCUT2D eigenvalue weighted by Gasteiger charge is -2.20. The second-order valence-electron chi connectivity index (χ2n) is 13.3. The third kappa shape index (κ3) is 36.5. The van der Waals surface area contributed by atoms with Gasteiger partial charge in [0.1, 0.15) is 12.2 Å². The van der Waals surface area contributed by atoms with Crippen LogP contribution in [-0.4, -0.2) is 66.3 Å². The van der Waals surface area contributed by atoms with E-state index in [1.54, 1.807) is 0 Å². The summed E-state index contributed by atoms with van der Waals surface area (Å²) in [7, 11) is -4.51. The molecule has 0 bridgehead atoms. The molecule has 294 valence electrons. The SMILES string of the molecule is CCCC/C=C\CCCCCCCC(=O)OC(COCCCCCCCCCC/C=C\C/C=C\CCCCC)COP(=O)(O)OCC(O)CO. The predicted molar refractivity (Wildman–Crippen MR) is 205 cm³/mol. The Morgan fingerprint density at radius 1 is 0.620 bits per heavy atom. The standard InChI is InChI=1S/C40H75O9P/c1-3-5-7-9-11-13-15-16-17-18-19-20-21-23-25-27-29-31-33-46-36-39(37-48-50(44,45)47-35-38(42)34-41)49-40(43)32-30-28-26-24-22-14-12-10-8-6-4-2/h10-13,16-17,38-39,41-42H,3-9,14-15,18-37H2,1-2H3,(H,44,45)/b12-10-,13-11-,17-16-. The fraction of sp³-hybridized carbons (Fsp3) is 0.825. The Hall–Kier alpha value is -1.32. The Morgan fingerprint density at radius 3 is 1.68 bits per heavy atom. The van der Waals surface area contributed by atoms with Gasteiger partial charge in [0.05, 0.1) is 26.4 Å². The van der Waals surface area contributed by atoms with Gasteiger partial charge in [-0.25, -0.2) is 4.57 Å². The van der Waals surface area contributed by atoms with Gasteiger partial charge in [-0.15, -0.1) is 0 Å². The van der Waals surface area contributed by atoms with Gasteiger partial charge in [0.15, 0.2) is 0 Å². The van der Waals surface area contributed by atoms with Crippen molar-refractivity contribution in [1.82, 2.24) is 0 Å². The second-order valence-corrected chi connectivity index (χ2v) is 14.7. The summed E-state index contributed by atoms with van der Waals surface area (Å²) in [4.78, 5) is 22.5. The maximum atomic E-state index is 12.5. The van der Waals surface area contributed by atoms with E-state index in [0.717, 1.165) is 70.6 Å². The van der Waals surface area contributed by atoms with Crippen LogP contribution in [0.3, 0.4) is 0 Å². The Labute approximate surface area is 305 Å². The predicted octanol–water partition coefficient (Wildman–Crippen LogP) is 10.5. The molecule has 0 aromatic carbocycles. The summed E-state index contributed by atoms with van der Waals surface area (Å²) in [5, 5.41) is 18.3. The molecule has 0 aromatic rings. The normalized spacial score (nSPS) is 14.6. The summed E-state index contributed by atoms with van der Waals surface area (Å²) in [6, 6.07) is 0. The first-order chi connectivity index (χ1) is 24.3. The molecule has 3 atom stereocenters. The summed E-state index contributed by atoms with van der Waals surface area (Å²) in [6.07, 6.45) is 38.1. The minimum Gasteiger partial charge on any atom is -0.457 e. The van der Waals surface area contributed by atoms with Gasteiger partial charge in [-0.3, -0.25) is 13.8 Å². The van der Waals surface area contributed by atoms with Crippen LogP contribution in [-0.2, 0) is 27.9 Å². The van der Waals surface area contributed by atoms with Crippen molar-refractivity contribution in [2.75, 3.05) is 33.0 Å². The zero-order valence-corrected chi connectivity index (χ0v) is 32.8. The van der Waals surface area contributed by atoms with Crippen molar-refractivity contribution >= 4 is 13.8 Å². The molecular formula is C40H75O9P. The van der Waals surface area contributed by atoms with E-state index in [0.29, 0.717) is 13.0 Å². The lowest BCUT2D eigenvalue weighted by Crippen LogP contribution is -2.29. The fourth-order valence-electron chi connectivity index (χ4n) is 5.19. The second kappa shape index (κ2) is 37.4. The number of phosphoric acid groups is 1. The van der Waals surface area contributed by atoms with E-state index in [9.17, 15) is 19.4 Å². The third-order valence-corrected chi connectivity index (χ3v) is 9.25. The lowest BCUT2D eigenvalue weighted by atomic mass is 10.1. The van der Waals surface area contributed by atoms with Gasteiger partial charge in [-0.2, -0.15) is 0 Å². The highest BCUT2D eigenvalue weighted by atomic mass is 31.2. The van der Waals surface area contributed by atoms with Crippen molar-refractivity contribution in [3.05, 3.63) is 36.5 Å². The Balaban J connectivity index is 4.19. The summed E-state index contributed by atoms with van der Waals surface area (Å²) in [6.45, 7) is 3.42. The van der Waals surface area contributed by atoms with E-state index in [-0.39, 0.29) is 19.6 Å². The average molecular weight is 731 g/mol. The Bertz CT molecular complexity index is 877. The zero-order chi connectivity index (χ0) is 36.8. The van der Waals surface area contributed by atoms with Crippen molar-refractivity contribution in [1.29, 1.82) is 0 Å². The maximum Gasteiger partial charge on any atom is 0.472 e. The van der Waals surface area contributed by atoms with E-state index in [4.69, 9.17) is 23.6 Å². The van der Waals surface area contributed by atoms with Crippen LogP contribution in [0.2, 0.25) is 0 Å². The van der Waals surface area contributed by atoms with Crippen LogP contribution in [0.15, 0.2) is 36.5 Å². The first-order valence-corrected chi connectivity index (χ1v) is 21.5. The van der Waals surface area contributed by atoms with E-state index < -0.39 is 39.2 Å². The van der Waals surface area contributed by atoms with Gasteiger partial charge in [0.25, 0.3) is 0 Å². The van der Waals surface area contributed by atoms with Gasteiger partial charge < -0.3 is 24.6 Å². The number of phosphoric ester groups is 1. The van der Waals surface area contributed by atoms with Crippen LogP contribution in [0, 0.1) is 0 Å². The highest BCUT2D eigenvalue weighted by molar-refractivity contribution is 7.47. The van der Waals surface area contributed by atoms with E-state index in [1.807, 2.05) is 0 Å². The minimum absolute atomic E-state index is 0.0421. The molecule has 0 heterocycles. The van der Waals surface area contributed by atoms with Crippen LogP contribution in [0.25, 0.3) is 0 Å². The largest absolute Gasteiger partial charge is 0.472 e. The number of carbonyl (C=O) groups is 1. The number of rotatable bonds is 38. The maximum absolute atomic E-state index is 12.5. The smallest absolute Gasteiger partial charge is 0.457 e. The van der Waals surface area contributed by atoms with Gasteiger partial charge in [0, 0.05) is 13.0 Å². The first-order valence-electron chi connectivity index (χ1n) is 20.0. The number of carbonyl (C=O) groups excluding carboxylic acids is 1. The van der Waals surface area contributed by atoms with Gasteiger partial charge in [-0.05, 0) is 64.2 Å². The molecule has 50 heavy (non-hydrogen) atoms. The minimum atomic E-state index is -4.51. The zero-order valence-electron chi connectivity index (χ0n) is 31.9. The molecule has 3 unspecified atom stereocenters. The van der Waals surface area contributed by atoms with Crippen molar-refractivity contribution in [2.45, 2.75) is 180 Å². The summed E-state index contributed by atoms with van der Waals surface area (Å²) < 4.78 is 33.2. The summed E-state index contributed by atoms with van der Waals surface area (Å²) in [5.74, 6) is -0.396. The summed E-state index contributed by atoms with van der Waals surface area (Å²) in [5.41, 5.74) is 0. The number of aliphatic hydroxyl groups is 2. The lowest BCUT2D eigenvalue weighted by molar-refractivity contribution is -0.154. The number of unbranched alkanes of at least 4 members (excludes halogenated alkanes) is 18. The van der Waals surface area contributed by atoms with Gasteiger partial charge >= 0.3 is 13.8 Å². The quantitative estimate of drug-likeness (QED) is 0.0246. The molecule has 0 aliphatic heterocycles. The molecule has 0 rings (SSSR count). The summed E-state index contributed by atoms with van der Waals surface area (Å²) >= 11 is 0. The van der Waals surface area contributed by atoms with Gasteiger partial charge in [-0.1, -0.05) is 134 Å². The molecule has 9 nitrogen and oxygen atoms in total. The van der Waals surface area contributed by atoms with Crippen molar-refractivity contribution in [3.63, 3.8) is 0 Å². The molecule has 0 amide bonds. The molecule has 0 saturated heterocycles. The number of hydrogen-bond acceptors (Lipinski definition) is 8. The molecule has 10 heteroatoms. The van der Waals surface area contributed by atoms with Crippen LogP contribution < -0.4 is 0 Å². The number of esters is 1. The van der Waals surface area contributed by atoms with E-state index in [2.05, 4.69) is 50.3 Å².